The predicted octanol–water partition coefficient (Wildman–Crippen LogP) is 1.32. The molecule has 1 atom stereocenters. The highest BCUT2D eigenvalue weighted by molar-refractivity contribution is 7.80. The van der Waals surface area contributed by atoms with E-state index in [1.165, 1.54) is 0 Å². The van der Waals surface area contributed by atoms with E-state index in [9.17, 15) is 5.11 Å². The molecule has 0 spiro atoms. The first-order valence-corrected chi connectivity index (χ1v) is 5.32. The first kappa shape index (κ1) is 11.1. The van der Waals surface area contributed by atoms with Crippen LogP contribution in [0.5, 0.6) is 0 Å². The summed E-state index contributed by atoms with van der Waals surface area (Å²) >= 11 is 4.18. The highest BCUT2D eigenvalue weighted by Crippen LogP contribution is 2.29. The van der Waals surface area contributed by atoms with Crippen molar-refractivity contribution in [3.63, 3.8) is 0 Å². The van der Waals surface area contributed by atoms with Gasteiger partial charge in [0.15, 0.2) is 0 Å². The molecule has 0 radical (unpaired) electrons. The third-order valence-corrected chi connectivity index (χ3v) is 3.39. The number of hydrogen-bond donors (Lipinski definition) is 2. The third-order valence-electron chi connectivity index (χ3n) is 2.94. The predicted molar refractivity (Wildman–Crippen MR) is 59.3 cm³/mol. The van der Waals surface area contributed by atoms with E-state index in [4.69, 9.17) is 0 Å². The molecule has 1 fully saturated rings. The minimum atomic E-state index is -0.208. The summed E-state index contributed by atoms with van der Waals surface area (Å²) in [6.45, 7) is 9.90. The molecule has 1 N–H and O–H groups in total. The molecule has 13 heavy (non-hydrogen) atoms. The zero-order chi connectivity index (χ0) is 10.1. The standard InChI is InChI=1S/C10H19NOS/c1-8(7-13)6-11-5-4-9(12)10(11,2)3/h9,12-13H,1,4-7H2,2-3H3. The molecule has 1 heterocycles. The molecule has 0 bridgehead atoms. The van der Waals surface area contributed by atoms with Crippen molar-refractivity contribution in [3.05, 3.63) is 12.2 Å². The molecular formula is C10H19NOS. The lowest BCUT2D eigenvalue weighted by Gasteiger charge is -2.34. The van der Waals surface area contributed by atoms with E-state index in [1.54, 1.807) is 0 Å². The Balaban J connectivity index is 2.57. The van der Waals surface area contributed by atoms with E-state index in [0.717, 1.165) is 30.8 Å². The molecule has 0 aromatic carbocycles. The molecule has 1 aliphatic rings. The topological polar surface area (TPSA) is 23.5 Å². The molecule has 76 valence electrons. The Kier molecular flexibility index (Phi) is 3.44. The number of thiol groups is 1. The number of likely N-dealkylation sites (tertiary alicyclic amines) is 1. The molecule has 1 saturated heterocycles. The average molecular weight is 201 g/mol. The number of aliphatic hydroxyl groups excluding tert-OH is 1. The lowest BCUT2D eigenvalue weighted by molar-refractivity contribution is 0.0597. The summed E-state index contributed by atoms with van der Waals surface area (Å²) in [6.07, 6.45) is 0.660. The highest BCUT2D eigenvalue weighted by atomic mass is 32.1. The quantitative estimate of drug-likeness (QED) is 0.531. The first-order valence-electron chi connectivity index (χ1n) is 4.69. The van der Waals surface area contributed by atoms with Gasteiger partial charge in [0.05, 0.1) is 6.10 Å². The summed E-state index contributed by atoms with van der Waals surface area (Å²) in [4.78, 5) is 2.27. The lowest BCUT2D eigenvalue weighted by atomic mass is 9.98. The van der Waals surface area contributed by atoms with Crippen molar-refractivity contribution in [1.82, 2.24) is 4.90 Å². The summed E-state index contributed by atoms with van der Waals surface area (Å²) in [6, 6.07) is 0. The van der Waals surface area contributed by atoms with Crippen molar-refractivity contribution in [2.45, 2.75) is 31.9 Å². The monoisotopic (exact) mass is 201 g/mol. The van der Waals surface area contributed by atoms with Crippen LogP contribution >= 0.6 is 12.6 Å². The van der Waals surface area contributed by atoms with Gasteiger partial charge in [0.2, 0.25) is 0 Å². The minimum absolute atomic E-state index is 0.105. The Labute approximate surface area is 86.0 Å². The second-order valence-corrected chi connectivity index (χ2v) is 4.60. The van der Waals surface area contributed by atoms with E-state index < -0.39 is 0 Å². The SMILES string of the molecule is C=C(CS)CN1CCC(O)C1(C)C. The normalized spacial score (nSPS) is 27.8. The summed E-state index contributed by atoms with van der Waals surface area (Å²) in [5, 5.41) is 9.72. The van der Waals surface area contributed by atoms with Gasteiger partial charge in [0.1, 0.15) is 0 Å². The molecule has 1 unspecified atom stereocenters. The van der Waals surface area contributed by atoms with E-state index >= 15 is 0 Å². The first-order chi connectivity index (χ1) is 5.98. The fourth-order valence-electron chi connectivity index (χ4n) is 1.73. The van der Waals surface area contributed by atoms with E-state index in [-0.39, 0.29) is 11.6 Å². The zero-order valence-electron chi connectivity index (χ0n) is 8.45. The van der Waals surface area contributed by atoms with Crippen molar-refractivity contribution >= 4 is 12.6 Å². The lowest BCUT2D eigenvalue weighted by Crippen LogP contribution is -2.45. The van der Waals surface area contributed by atoms with Gasteiger partial charge in [0, 0.05) is 24.4 Å². The maximum absolute atomic E-state index is 9.72. The fraction of sp³-hybridized carbons (Fsp3) is 0.800. The summed E-state index contributed by atoms with van der Waals surface area (Å²) in [5.74, 6) is 0.725. The molecule has 3 heteroatoms. The summed E-state index contributed by atoms with van der Waals surface area (Å²) in [5.41, 5.74) is 1.01. The molecule has 1 aliphatic heterocycles. The van der Waals surface area contributed by atoms with Gasteiger partial charge in [-0.3, -0.25) is 4.90 Å². The third kappa shape index (κ3) is 2.27. The molecule has 1 rings (SSSR count). The Morgan fingerprint density at radius 3 is 2.69 bits per heavy atom. The van der Waals surface area contributed by atoms with Crippen molar-refractivity contribution in [1.29, 1.82) is 0 Å². The molecule has 0 amide bonds. The second kappa shape index (κ2) is 4.03. The van der Waals surface area contributed by atoms with Gasteiger partial charge in [-0.15, -0.1) is 0 Å². The molecule has 0 aromatic rings. The zero-order valence-corrected chi connectivity index (χ0v) is 9.35. The van der Waals surface area contributed by atoms with Gasteiger partial charge < -0.3 is 5.11 Å². The van der Waals surface area contributed by atoms with Crippen LogP contribution < -0.4 is 0 Å². The molecule has 0 aliphatic carbocycles. The van der Waals surface area contributed by atoms with Crippen molar-refractivity contribution in [3.8, 4) is 0 Å². The van der Waals surface area contributed by atoms with Crippen LogP contribution in [0.25, 0.3) is 0 Å². The van der Waals surface area contributed by atoms with Crippen molar-refractivity contribution < 1.29 is 5.11 Å². The van der Waals surface area contributed by atoms with E-state index in [0.29, 0.717) is 0 Å². The number of nitrogens with zero attached hydrogens (tertiary/aromatic N) is 1. The van der Waals surface area contributed by atoms with Crippen LogP contribution in [0.4, 0.5) is 0 Å². The summed E-state index contributed by atoms with van der Waals surface area (Å²) in [7, 11) is 0. The Morgan fingerprint density at radius 2 is 2.31 bits per heavy atom. The van der Waals surface area contributed by atoms with Gasteiger partial charge in [-0.1, -0.05) is 12.2 Å². The second-order valence-electron chi connectivity index (χ2n) is 4.29. The van der Waals surface area contributed by atoms with Gasteiger partial charge in [-0.2, -0.15) is 12.6 Å². The molecule has 0 saturated carbocycles. The van der Waals surface area contributed by atoms with Crippen LogP contribution in [0.3, 0.4) is 0 Å². The van der Waals surface area contributed by atoms with Crippen LogP contribution in [-0.4, -0.2) is 40.5 Å². The van der Waals surface area contributed by atoms with Crippen LogP contribution in [0.1, 0.15) is 20.3 Å². The Hall–Kier alpha value is 0.01000. The maximum Gasteiger partial charge on any atom is 0.0730 e. The van der Waals surface area contributed by atoms with Crippen molar-refractivity contribution in [2.75, 3.05) is 18.8 Å². The Morgan fingerprint density at radius 1 is 1.69 bits per heavy atom. The number of rotatable bonds is 3. The minimum Gasteiger partial charge on any atom is -0.391 e. The average Bonchev–Trinajstić information content (AvgIpc) is 2.31. The Bertz CT molecular complexity index is 203. The van der Waals surface area contributed by atoms with E-state index in [2.05, 4.69) is 38.0 Å². The van der Waals surface area contributed by atoms with Crippen LogP contribution in [0.2, 0.25) is 0 Å². The van der Waals surface area contributed by atoms with Gasteiger partial charge in [0.25, 0.3) is 0 Å². The van der Waals surface area contributed by atoms with Crippen LogP contribution in [0, 0.1) is 0 Å². The smallest absolute Gasteiger partial charge is 0.0730 e. The molecular weight excluding hydrogens is 182 g/mol. The number of hydrogen-bond acceptors (Lipinski definition) is 3. The highest BCUT2D eigenvalue weighted by Gasteiger charge is 2.39. The molecule has 2 nitrogen and oxygen atoms in total. The van der Waals surface area contributed by atoms with Crippen LogP contribution in [-0.2, 0) is 0 Å². The largest absolute Gasteiger partial charge is 0.391 e. The van der Waals surface area contributed by atoms with Gasteiger partial charge in [-0.25, -0.2) is 0 Å². The molecule has 0 aromatic heterocycles. The maximum atomic E-state index is 9.72. The van der Waals surface area contributed by atoms with Gasteiger partial charge in [-0.05, 0) is 20.3 Å². The van der Waals surface area contributed by atoms with E-state index in [1.807, 2.05) is 0 Å². The number of aliphatic hydroxyl groups is 1. The summed E-state index contributed by atoms with van der Waals surface area (Å²) < 4.78 is 0. The van der Waals surface area contributed by atoms with Gasteiger partial charge >= 0.3 is 0 Å². The van der Waals surface area contributed by atoms with Crippen molar-refractivity contribution in [2.24, 2.45) is 0 Å². The fourth-order valence-corrected chi connectivity index (χ4v) is 1.83. The van der Waals surface area contributed by atoms with Crippen LogP contribution in [0.15, 0.2) is 12.2 Å².